The summed E-state index contributed by atoms with van der Waals surface area (Å²) >= 11 is 0. The molecule has 0 aromatic heterocycles. The number of anilines is 1. The summed E-state index contributed by atoms with van der Waals surface area (Å²) in [6, 6.07) is 8.36. The van der Waals surface area contributed by atoms with E-state index in [2.05, 4.69) is 17.4 Å². The van der Waals surface area contributed by atoms with Crippen molar-refractivity contribution < 1.29 is 0 Å². The molecule has 0 spiro atoms. The lowest BCUT2D eigenvalue weighted by Crippen LogP contribution is -2.11. The Balaban J connectivity index is 0.000000605. The Morgan fingerprint density at radius 2 is 1.92 bits per heavy atom. The maximum Gasteiger partial charge on any atom is 0.0491 e. The Morgan fingerprint density at radius 1 is 1.25 bits per heavy atom. The van der Waals surface area contributed by atoms with E-state index in [0.29, 0.717) is 0 Å². The molecule has 1 aliphatic heterocycles. The van der Waals surface area contributed by atoms with Crippen molar-refractivity contribution in [2.24, 2.45) is 5.73 Å². The third kappa shape index (κ3) is 1.83. The summed E-state index contributed by atoms with van der Waals surface area (Å²) in [4.78, 5) is 0. The molecule has 3 N–H and O–H groups in total. The van der Waals surface area contributed by atoms with Gasteiger partial charge in [0, 0.05) is 18.3 Å². The van der Waals surface area contributed by atoms with Gasteiger partial charge in [-0.3, -0.25) is 0 Å². The van der Waals surface area contributed by atoms with Crippen LogP contribution in [0.15, 0.2) is 24.3 Å². The van der Waals surface area contributed by atoms with Gasteiger partial charge in [-0.25, -0.2) is 0 Å². The average molecular weight is 207 g/mol. The maximum atomic E-state index is 5.78. The first-order valence-corrected chi connectivity index (χ1v) is 3.46. The van der Waals surface area contributed by atoms with E-state index in [1.807, 2.05) is 12.1 Å². The molecule has 2 nitrogen and oxygen atoms in total. The van der Waals surface area contributed by atoms with Gasteiger partial charge >= 0.3 is 0 Å². The van der Waals surface area contributed by atoms with Gasteiger partial charge in [0.2, 0.25) is 0 Å². The summed E-state index contributed by atoms with van der Waals surface area (Å²) < 4.78 is 0. The summed E-state index contributed by atoms with van der Waals surface area (Å²) in [6.07, 6.45) is 0. The third-order valence-electron chi connectivity index (χ3n) is 1.87. The topological polar surface area (TPSA) is 38.0 Å². The Hall–Kier alpha value is -0.440. The minimum absolute atomic E-state index is 0. The third-order valence-corrected chi connectivity index (χ3v) is 1.87. The molecule has 0 saturated carbocycles. The molecule has 0 amide bonds. The Kier molecular flexibility index (Phi) is 4.39. The van der Waals surface area contributed by atoms with Crippen LogP contribution in [0.4, 0.5) is 5.69 Å². The van der Waals surface area contributed by atoms with Crippen molar-refractivity contribution in [1.82, 2.24) is 0 Å². The molecule has 1 aromatic rings. The number of hydrogen-bond donors (Lipinski definition) is 2. The van der Waals surface area contributed by atoms with Crippen molar-refractivity contribution in [2.45, 2.75) is 6.04 Å². The monoisotopic (exact) mass is 206 g/mol. The number of nitrogens with two attached hydrogens (primary N) is 1. The van der Waals surface area contributed by atoms with Crippen LogP contribution in [0, 0.1) is 0 Å². The van der Waals surface area contributed by atoms with Crippen LogP contribution in [0.3, 0.4) is 0 Å². The van der Waals surface area contributed by atoms with E-state index in [1.165, 1.54) is 11.3 Å². The second-order valence-electron chi connectivity index (χ2n) is 2.57. The predicted octanol–water partition coefficient (Wildman–Crippen LogP) is 1.96. The molecule has 0 saturated heterocycles. The van der Waals surface area contributed by atoms with E-state index in [9.17, 15) is 0 Å². The number of fused-ring (bicyclic) bond motifs is 1. The van der Waals surface area contributed by atoms with E-state index < -0.39 is 0 Å². The highest BCUT2D eigenvalue weighted by molar-refractivity contribution is 5.85. The zero-order chi connectivity index (χ0) is 6.97. The van der Waals surface area contributed by atoms with Crippen LogP contribution in [0.1, 0.15) is 11.6 Å². The van der Waals surface area contributed by atoms with Crippen LogP contribution in [0.25, 0.3) is 0 Å². The van der Waals surface area contributed by atoms with Crippen molar-refractivity contribution in [3.63, 3.8) is 0 Å². The molecule has 0 aliphatic carbocycles. The lowest BCUT2D eigenvalue weighted by molar-refractivity contribution is 0.808. The zero-order valence-electron chi connectivity index (χ0n) is 6.49. The molecule has 1 aliphatic rings. The number of halogens is 2. The number of hydrogen-bond acceptors (Lipinski definition) is 2. The van der Waals surface area contributed by atoms with Crippen LogP contribution in [0.5, 0.6) is 0 Å². The van der Waals surface area contributed by atoms with Gasteiger partial charge in [0.05, 0.1) is 0 Å². The van der Waals surface area contributed by atoms with Gasteiger partial charge < -0.3 is 11.1 Å². The SMILES string of the molecule is Cl.Cl.NC1CNc2ccccc21. The zero-order valence-corrected chi connectivity index (χ0v) is 8.12. The molecule has 68 valence electrons. The van der Waals surface area contributed by atoms with Gasteiger partial charge in [-0.1, -0.05) is 18.2 Å². The quantitative estimate of drug-likeness (QED) is 0.682. The van der Waals surface area contributed by atoms with E-state index in [1.54, 1.807) is 0 Å². The lowest BCUT2D eigenvalue weighted by Gasteiger charge is -1.99. The van der Waals surface area contributed by atoms with Crippen molar-refractivity contribution >= 4 is 30.5 Å². The second-order valence-corrected chi connectivity index (χ2v) is 2.57. The van der Waals surface area contributed by atoms with Crippen LogP contribution >= 0.6 is 24.8 Å². The van der Waals surface area contributed by atoms with Gasteiger partial charge in [-0.15, -0.1) is 24.8 Å². The van der Waals surface area contributed by atoms with Crippen molar-refractivity contribution in [3.8, 4) is 0 Å². The fourth-order valence-corrected chi connectivity index (χ4v) is 1.31. The Morgan fingerprint density at radius 3 is 2.58 bits per heavy atom. The summed E-state index contributed by atoms with van der Waals surface area (Å²) in [5.41, 5.74) is 8.21. The summed E-state index contributed by atoms with van der Waals surface area (Å²) in [5, 5.41) is 3.22. The highest BCUT2D eigenvalue weighted by atomic mass is 35.5. The smallest absolute Gasteiger partial charge is 0.0491 e. The number of nitrogens with one attached hydrogen (secondary N) is 1. The average Bonchev–Trinajstić information content (AvgIpc) is 2.34. The van der Waals surface area contributed by atoms with Gasteiger partial charge in [-0.05, 0) is 11.6 Å². The largest absolute Gasteiger partial charge is 0.383 e. The molecule has 0 bridgehead atoms. The molecule has 1 unspecified atom stereocenters. The Labute approximate surface area is 84.4 Å². The molecule has 12 heavy (non-hydrogen) atoms. The first-order valence-electron chi connectivity index (χ1n) is 3.46. The summed E-state index contributed by atoms with van der Waals surface area (Å²) in [6.45, 7) is 0.874. The van der Waals surface area contributed by atoms with E-state index in [0.717, 1.165) is 6.54 Å². The second kappa shape index (κ2) is 4.55. The predicted molar refractivity (Wildman–Crippen MR) is 56.4 cm³/mol. The van der Waals surface area contributed by atoms with Crippen molar-refractivity contribution in [3.05, 3.63) is 29.8 Å². The van der Waals surface area contributed by atoms with E-state index in [4.69, 9.17) is 5.73 Å². The van der Waals surface area contributed by atoms with Gasteiger partial charge in [-0.2, -0.15) is 0 Å². The minimum Gasteiger partial charge on any atom is -0.383 e. The fourth-order valence-electron chi connectivity index (χ4n) is 1.31. The molecule has 0 radical (unpaired) electrons. The number of rotatable bonds is 0. The fraction of sp³-hybridized carbons (Fsp3) is 0.250. The van der Waals surface area contributed by atoms with Crippen LogP contribution < -0.4 is 11.1 Å². The molecule has 4 heteroatoms. The molecule has 1 heterocycles. The molecular formula is C8H12Cl2N2. The standard InChI is InChI=1S/C8H10N2.2ClH/c9-7-5-10-8-4-2-1-3-6(7)8;;/h1-4,7,10H,5,9H2;2*1H. The summed E-state index contributed by atoms with van der Waals surface area (Å²) in [7, 11) is 0. The number of benzene rings is 1. The van der Waals surface area contributed by atoms with Gasteiger partial charge in [0.25, 0.3) is 0 Å². The Bertz CT molecular complexity index is 253. The molecule has 1 atom stereocenters. The highest BCUT2D eigenvalue weighted by Gasteiger charge is 2.16. The summed E-state index contributed by atoms with van der Waals surface area (Å²) in [5.74, 6) is 0. The van der Waals surface area contributed by atoms with Crippen molar-refractivity contribution in [1.29, 1.82) is 0 Å². The van der Waals surface area contributed by atoms with Crippen molar-refractivity contribution in [2.75, 3.05) is 11.9 Å². The molecule has 2 rings (SSSR count). The minimum atomic E-state index is 0. The van der Waals surface area contributed by atoms with Crippen LogP contribution in [-0.2, 0) is 0 Å². The molecule has 1 aromatic carbocycles. The van der Waals surface area contributed by atoms with Gasteiger partial charge in [0.1, 0.15) is 0 Å². The van der Waals surface area contributed by atoms with Crippen LogP contribution in [0.2, 0.25) is 0 Å². The molecular weight excluding hydrogens is 195 g/mol. The first kappa shape index (κ1) is 11.6. The highest BCUT2D eigenvalue weighted by Crippen LogP contribution is 2.26. The van der Waals surface area contributed by atoms with E-state index in [-0.39, 0.29) is 30.9 Å². The van der Waals surface area contributed by atoms with E-state index >= 15 is 0 Å². The number of para-hydroxylation sites is 1. The maximum absolute atomic E-state index is 5.78. The lowest BCUT2D eigenvalue weighted by atomic mass is 10.1. The first-order chi connectivity index (χ1) is 4.88. The van der Waals surface area contributed by atoms with Gasteiger partial charge in [0.15, 0.2) is 0 Å². The van der Waals surface area contributed by atoms with Crippen LogP contribution in [-0.4, -0.2) is 6.54 Å². The normalized spacial score (nSPS) is 18.2. The molecule has 0 fully saturated rings.